The van der Waals surface area contributed by atoms with Gasteiger partial charge in [-0.1, -0.05) is 5.16 Å². The summed E-state index contributed by atoms with van der Waals surface area (Å²) in [5, 5.41) is 8.80. The number of amides is 2. The molecule has 0 atom stereocenters. The lowest BCUT2D eigenvalue weighted by Crippen LogP contribution is -2.39. The molecule has 0 spiro atoms. The number of aryl methyl sites for hydroxylation is 2. The van der Waals surface area contributed by atoms with Crippen molar-refractivity contribution in [1.82, 2.24) is 15.8 Å². The maximum absolute atomic E-state index is 11.4. The number of carbonyl (C=O) groups is 2. The van der Waals surface area contributed by atoms with Crippen molar-refractivity contribution in [1.29, 1.82) is 0 Å². The molecule has 94 valence electrons. The highest BCUT2D eigenvalue weighted by Gasteiger charge is 2.10. The summed E-state index contributed by atoms with van der Waals surface area (Å²) in [6.07, 6.45) is 0. The molecule has 7 heteroatoms. The van der Waals surface area contributed by atoms with Crippen LogP contribution in [-0.4, -0.2) is 30.1 Å². The fourth-order valence-corrected chi connectivity index (χ4v) is 1.25. The lowest BCUT2D eigenvalue weighted by Gasteiger charge is -2.05. The first kappa shape index (κ1) is 13.2. The third-order valence-electron chi connectivity index (χ3n) is 2.28. The maximum Gasteiger partial charge on any atom is 0.239 e. The van der Waals surface area contributed by atoms with Gasteiger partial charge in [0.2, 0.25) is 11.8 Å². The van der Waals surface area contributed by atoms with Crippen molar-refractivity contribution in [3.8, 4) is 0 Å². The molecule has 0 aliphatic rings. The first-order valence-electron chi connectivity index (χ1n) is 5.19. The molecule has 1 aromatic rings. The second kappa shape index (κ2) is 6.00. The van der Waals surface area contributed by atoms with E-state index in [0.717, 1.165) is 11.3 Å². The van der Waals surface area contributed by atoms with E-state index in [1.807, 2.05) is 0 Å². The fraction of sp³-hybridized carbons (Fsp3) is 0.500. The number of rotatable bonds is 5. The van der Waals surface area contributed by atoms with E-state index in [1.54, 1.807) is 13.8 Å². The summed E-state index contributed by atoms with van der Waals surface area (Å²) < 4.78 is 4.96. The van der Waals surface area contributed by atoms with E-state index in [0.29, 0.717) is 12.3 Å². The summed E-state index contributed by atoms with van der Waals surface area (Å²) >= 11 is 0. The molecule has 0 fully saturated rings. The molecule has 1 heterocycles. The van der Waals surface area contributed by atoms with Crippen molar-refractivity contribution in [2.24, 2.45) is 5.73 Å². The zero-order valence-electron chi connectivity index (χ0n) is 9.87. The van der Waals surface area contributed by atoms with Crippen LogP contribution in [0.15, 0.2) is 4.52 Å². The largest absolute Gasteiger partial charge is 0.361 e. The van der Waals surface area contributed by atoms with E-state index in [-0.39, 0.29) is 24.9 Å². The summed E-state index contributed by atoms with van der Waals surface area (Å²) in [5.41, 5.74) is 6.68. The molecule has 0 bridgehead atoms. The van der Waals surface area contributed by atoms with Crippen LogP contribution < -0.4 is 16.4 Å². The van der Waals surface area contributed by atoms with E-state index in [9.17, 15) is 9.59 Å². The molecule has 1 aromatic heterocycles. The minimum Gasteiger partial charge on any atom is -0.361 e. The van der Waals surface area contributed by atoms with Crippen molar-refractivity contribution in [3.63, 3.8) is 0 Å². The third kappa shape index (κ3) is 3.87. The molecule has 17 heavy (non-hydrogen) atoms. The number of hydrogen-bond acceptors (Lipinski definition) is 5. The lowest BCUT2D eigenvalue weighted by molar-refractivity contribution is -0.125. The minimum absolute atomic E-state index is 0.0839. The highest BCUT2D eigenvalue weighted by Crippen LogP contribution is 2.11. The minimum atomic E-state index is -0.363. The molecule has 0 saturated heterocycles. The Bertz CT molecular complexity index is 394. The number of nitrogens with zero attached hydrogens (tertiary/aromatic N) is 1. The molecule has 0 unspecified atom stereocenters. The van der Waals surface area contributed by atoms with Gasteiger partial charge in [0.15, 0.2) is 0 Å². The number of nitrogens with one attached hydrogen (secondary N) is 2. The highest BCUT2D eigenvalue weighted by molar-refractivity contribution is 5.85. The molecule has 4 N–H and O–H groups in total. The van der Waals surface area contributed by atoms with Gasteiger partial charge in [-0.25, -0.2) is 0 Å². The van der Waals surface area contributed by atoms with Gasteiger partial charge in [-0.2, -0.15) is 0 Å². The van der Waals surface area contributed by atoms with Crippen LogP contribution in [0.4, 0.5) is 0 Å². The van der Waals surface area contributed by atoms with Crippen molar-refractivity contribution < 1.29 is 14.1 Å². The van der Waals surface area contributed by atoms with E-state index in [2.05, 4.69) is 15.8 Å². The average molecular weight is 240 g/mol. The Kier molecular flexibility index (Phi) is 4.65. The Labute approximate surface area is 98.7 Å². The van der Waals surface area contributed by atoms with Crippen LogP contribution in [0.5, 0.6) is 0 Å². The first-order valence-corrected chi connectivity index (χ1v) is 5.19. The predicted molar refractivity (Wildman–Crippen MR) is 59.9 cm³/mol. The molecule has 0 aromatic carbocycles. The van der Waals surface area contributed by atoms with Gasteiger partial charge < -0.3 is 20.9 Å². The van der Waals surface area contributed by atoms with Crippen LogP contribution >= 0.6 is 0 Å². The third-order valence-corrected chi connectivity index (χ3v) is 2.28. The second-order valence-electron chi connectivity index (χ2n) is 3.56. The van der Waals surface area contributed by atoms with Crippen LogP contribution in [0.25, 0.3) is 0 Å². The smallest absolute Gasteiger partial charge is 0.239 e. The Morgan fingerprint density at radius 2 is 2.00 bits per heavy atom. The molecule has 7 nitrogen and oxygen atoms in total. The summed E-state index contributed by atoms with van der Waals surface area (Å²) in [7, 11) is 0. The lowest BCUT2D eigenvalue weighted by atomic mass is 10.2. The predicted octanol–water partition coefficient (Wildman–Crippen LogP) is -1.02. The highest BCUT2D eigenvalue weighted by atomic mass is 16.5. The van der Waals surface area contributed by atoms with Gasteiger partial charge in [0.25, 0.3) is 0 Å². The van der Waals surface area contributed by atoms with Gasteiger partial charge >= 0.3 is 0 Å². The number of hydrogen-bond donors (Lipinski definition) is 3. The molecule has 0 aliphatic carbocycles. The molecule has 0 aliphatic heterocycles. The second-order valence-corrected chi connectivity index (χ2v) is 3.56. The van der Waals surface area contributed by atoms with Crippen molar-refractivity contribution >= 4 is 11.8 Å². The van der Waals surface area contributed by atoms with Gasteiger partial charge in [-0.05, 0) is 13.8 Å². The number of aromatic nitrogens is 1. The van der Waals surface area contributed by atoms with Gasteiger partial charge in [0.05, 0.1) is 18.8 Å². The number of carbonyl (C=O) groups excluding carboxylic acids is 2. The van der Waals surface area contributed by atoms with Crippen molar-refractivity contribution in [2.75, 3.05) is 13.1 Å². The van der Waals surface area contributed by atoms with Crippen LogP contribution in [0.2, 0.25) is 0 Å². The summed E-state index contributed by atoms with van der Waals surface area (Å²) in [6, 6.07) is 0. The van der Waals surface area contributed by atoms with Gasteiger partial charge in [-0.3, -0.25) is 9.59 Å². The summed E-state index contributed by atoms with van der Waals surface area (Å²) in [4.78, 5) is 22.2. The van der Waals surface area contributed by atoms with Crippen LogP contribution in [0, 0.1) is 13.8 Å². The van der Waals surface area contributed by atoms with E-state index in [4.69, 9.17) is 10.3 Å². The molecular formula is C10H16N4O3. The SMILES string of the molecule is Cc1noc(C)c1CNC(=O)CNC(=O)CN. The quantitative estimate of drug-likeness (QED) is 0.610. The first-order chi connectivity index (χ1) is 8.04. The van der Waals surface area contributed by atoms with Crippen molar-refractivity contribution in [2.45, 2.75) is 20.4 Å². The normalized spacial score (nSPS) is 10.1. The van der Waals surface area contributed by atoms with Gasteiger partial charge in [0.1, 0.15) is 5.76 Å². The van der Waals surface area contributed by atoms with Crippen LogP contribution in [0.1, 0.15) is 17.0 Å². The standard InChI is InChI=1S/C10H16N4O3/c1-6-8(7(2)17-14-6)4-12-10(16)5-13-9(15)3-11/h3-5,11H2,1-2H3,(H,12,16)(H,13,15). The molecule has 2 amide bonds. The topological polar surface area (TPSA) is 110 Å². The molecule has 1 rings (SSSR count). The maximum atomic E-state index is 11.4. The summed E-state index contributed by atoms with van der Waals surface area (Å²) in [6.45, 7) is 3.70. The van der Waals surface area contributed by atoms with Gasteiger partial charge in [-0.15, -0.1) is 0 Å². The Balaban J connectivity index is 2.36. The molecule has 0 radical (unpaired) electrons. The average Bonchev–Trinajstić information content (AvgIpc) is 2.63. The molecular weight excluding hydrogens is 224 g/mol. The van der Waals surface area contributed by atoms with E-state index in [1.165, 1.54) is 0 Å². The Morgan fingerprint density at radius 3 is 2.53 bits per heavy atom. The summed E-state index contributed by atoms with van der Waals surface area (Å²) in [5.74, 6) is 0.0260. The Hall–Kier alpha value is -1.89. The van der Waals surface area contributed by atoms with Crippen LogP contribution in [-0.2, 0) is 16.1 Å². The number of nitrogens with two attached hydrogens (primary N) is 1. The van der Waals surface area contributed by atoms with E-state index >= 15 is 0 Å². The monoisotopic (exact) mass is 240 g/mol. The zero-order valence-corrected chi connectivity index (χ0v) is 9.87. The Morgan fingerprint density at radius 1 is 1.29 bits per heavy atom. The van der Waals surface area contributed by atoms with Crippen molar-refractivity contribution in [3.05, 3.63) is 17.0 Å². The van der Waals surface area contributed by atoms with Gasteiger partial charge in [0, 0.05) is 12.1 Å². The van der Waals surface area contributed by atoms with E-state index < -0.39 is 0 Å². The fourth-order valence-electron chi connectivity index (χ4n) is 1.25. The zero-order chi connectivity index (χ0) is 12.8. The molecule has 0 saturated carbocycles. The van der Waals surface area contributed by atoms with Crippen LogP contribution in [0.3, 0.4) is 0 Å².